The van der Waals surface area contributed by atoms with E-state index < -0.39 is 0 Å². The zero-order valence-corrected chi connectivity index (χ0v) is 13.5. The molecule has 1 aromatic carbocycles. The number of hydrogen-bond acceptors (Lipinski definition) is 2. The normalized spacial score (nSPS) is 12.4. The van der Waals surface area contributed by atoms with Crippen LogP contribution in [0.2, 0.25) is 5.02 Å². The highest BCUT2D eigenvalue weighted by Gasteiger charge is 2.15. The van der Waals surface area contributed by atoms with E-state index in [1.54, 1.807) is 11.3 Å². The molecule has 0 fully saturated rings. The van der Waals surface area contributed by atoms with E-state index in [0.29, 0.717) is 6.04 Å². The fourth-order valence-electron chi connectivity index (χ4n) is 1.93. The van der Waals surface area contributed by atoms with Gasteiger partial charge in [0.05, 0.1) is 6.04 Å². The Morgan fingerprint density at radius 1 is 1.39 bits per heavy atom. The third kappa shape index (κ3) is 2.90. The van der Waals surface area contributed by atoms with Crippen LogP contribution in [0.25, 0.3) is 0 Å². The van der Waals surface area contributed by atoms with Crippen LogP contribution in [0.3, 0.4) is 0 Å². The first-order valence-corrected chi connectivity index (χ1v) is 8.12. The van der Waals surface area contributed by atoms with Gasteiger partial charge in [0.15, 0.2) is 0 Å². The molecule has 0 aliphatic heterocycles. The minimum Gasteiger partial charge on any atom is -0.367 e. The Morgan fingerprint density at radius 3 is 2.78 bits per heavy atom. The van der Waals surface area contributed by atoms with E-state index in [-0.39, 0.29) is 0 Å². The molecule has 1 aromatic heterocycles. The highest BCUT2D eigenvalue weighted by molar-refractivity contribution is 9.08. The third-order valence-electron chi connectivity index (χ3n) is 3.10. The van der Waals surface area contributed by atoms with Crippen molar-refractivity contribution in [2.45, 2.75) is 18.3 Å². The van der Waals surface area contributed by atoms with Crippen LogP contribution < -0.4 is 4.90 Å². The van der Waals surface area contributed by atoms with E-state index in [4.69, 9.17) is 11.6 Å². The van der Waals surface area contributed by atoms with Crippen molar-refractivity contribution in [3.05, 3.63) is 51.2 Å². The van der Waals surface area contributed by atoms with Gasteiger partial charge in [0, 0.05) is 28.0 Å². The maximum absolute atomic E-state index is 6.04. The molecule has 0 saturated carbocycles. The minimum atomic E-state index is 0.365. The predicted molar refractivity (Wildman–Crippen MR) is 85.2 cm³/mol. The molecule has 2 aromatic rings. The van der Waals surface area contributed by atoms with Gasteiger partial charge < -0.3 is 4.90 Å². The number of halogens is 2. The number of anilines is 1. The second-order valence-corrected chi connectivity index (χ2v) is 6.19. The Labute approximate surface area is 126 Å². The number of rotatable bonds is 4. The van der Waals surface area contributed by atoms with Crippen molar-refractivity contribution in [2.75, 3.05) is 11.9 Å². The Hall–Kier alpha value is -0.510. The van der Waals surface area contributed by atoms with Crippen LogP contribution in [0.4, 0.5) is 5.69 Å². The largest absolute Gasteiger partial charge is 0.367 e. The van der Waals surface area contributed by atoms with Gasteiger partial charge in [-0.1, -0.05) is 33.6 Å². The van der Waals surface area contributed by atoms with Gasteiger partial charge in [-0.2, -0.15) is 0 Å². The molecule has 18 heavy (non-hydrogen) atoms. The molecule has 96 valence electrons. The van der Waals surface area contributed by atoms with Gasteiger partial charge in [-0.05, 0) is 42.1 Å². The lowest BCUT2D eigenvalue weighted by molar-refractivity contribution is 0.751. The second-order valence-electron chi connectivity index (χ2n) is 4.21. The molecule has 0 radical (unpaired) electrons. The van der Waals surface area contributed by atoms with Crippen molar-refractivity contribution < 1.29 is 0 Å². The smallest absolute Gasteiger partial charge is 0.0603 e. The van der Waals surface area contributed by atoms with Gasteiger partial charge in [-0.15, -0.1) is 11.3 Å². The Bertz CT molecular complexity index is 513. The van der Waals surface area contributed by atoms with Crippen molar-refractivity contribution >= 4 is 44.6 Å². The maximum atomic E-state index is 6.04. The first-order chi connectivity index (χ1) is 8.63. The van der Waals surface area contributed by atoms with Gasteiger partial charge in [-0.25, -0.2) is 0 Å². The predicted octanol–water partition coefficient (Wildman–Crippen LogP) is 5.49. The van der Waals surface area contributed by atoms with Crippen LogP contribution in [0.1, 0.15) is 23.4 Å². The molecular weight excluding hydrogens is 330 g/mol. The molecule has 1 heterocycles. The van der Waals surface area contributed by atoms with Gasteiger partial charge in [0.25, 0.3) is 0 Å². The quantitative estimate of drug-likeness (QED) is 0.662. The lowest BCUT2D eigenvalue weighted by atomic mass is 10.1. The van der Waals surface area contributed by atoms with Crippen molar-refractivity contribution in [1.82, 2.24) is 0 Å². The van der Waals surface area contributed by atoms with E-state index in [2.05, 4.69) is 58.4 Å². The van der Waals surface area contributed by atoms with Crippen LogP contribution in [-0.2, 0) is 5.33 Å². The summed E-state index contributed by atoms with van der Waals surface area (Å²) >= 11 is 11.4. The number of thiophene rings is 1. The summed E-state index contributed by atoms with van der Waals surface area (Å²) in [4.78, 5) is 3.66. The molecule has 0 bridgehead atoms. The summed E-state index contributed by atoms with van der Waals surface area (Å²) in [5.41, 5.74) is 2.44. The Balaban J connectivity index is 2.31. The molecule has 1 unspecified atom stereocenters. The van der Waals surface area contributed by atoms with E-state index in [0.717, 1.165) is 10.4 Å². The molecule has 4 heteroatoms. The Morgan fingerprint density at radius 2 is 2.17 bits per heavy atom. The van der Waals surface area contributed by atoms with Crippen molar-refractivity contribution in [3.8, 4) is 0 Å². The SMILES string of the molecule is CC(c1cccs1)N(C)c1ccc(Cl)cc1CBr. The molecule has 0 aliphatic rings. The van der Waals surface area contributed by atoms with Gasteiger partial charge in [-0.3, -0.25) is 0 Å². The summed E-state index contributed by atoms with van der Waals surface area (Å²) in [6.07, 6.45) is 0. The van der Waals surface area contributed by atoms with Gasteiger partial charge in [0.1, 0.15) is 0 Å². The molecule has 0 aliphatic carbocycles. The van der Waals surface area contributed by atoms with Crippen molar-refractivity contribution in [2.24, 2.45) is 0 Å². The average molecular weight is 345 g/mol. The van der Waals surface area contributed by atoms with E-state index in [1.807, 2.05) is 12.1 Å². The highest BCUT2D eigenvalue weighted by Crippen LogP contribution is 2.32. The molecule has 0 saturated heterocycles. The summed E-state index contributed by atoms with van der Waals surface area (Å²) in [6, 6.07) is 10.7. The standard InChI is InChI=1S/C14H15BrClNS/c1-10(14-4-3-7-18-14)17(2)13-6-5-12(16)8-11(13)9-15/h3-8,10H,9H2,1-2H3. The van der Waals surface area contributed by atoms with E-state index in [1.165, 1.54) is 16.1 Å². The van der Waals surface area contributed by atoms with E-state index in [9.17, 15) is 0 Å². The number of hydrogen-bond donors (Lipinski definition) is 0. The first kappa shape index (κ1) is 13.9. The number of benzene rings is 1. The minimum absolute atomic E-state index is 0.365. The summed E-state index contributed by atoms with van der Waals surface area (Å²) in [7, 11) is 2.12. The third-order valence-corrected chi connectivity index (χ3v) is 4.98. The molecule has 2 rings (SSSR count). The topological polar surface area (TPSA) is 3.24 Å². The first-order valence-electron chi connectivity index (χ1n) is 5.74. The maximum Gasteiger partial charge on any atom is 0.0603 e. The summed E-state index contributed by atoms with van der Waals surface area (Å²) in [5.74, 6) is 0. The van der Waals surface area contributed by atoms with Gasteiger partial charge >= 0.3 is 0 Å². The fraction of sp³-hybridized carbons (Fsp3) is 0.286. The van der Waals surface area contributed by atoms with Crippen molar-refractivity contribution in [1.29, 1.82) is 0 Å². The highest BCUT2D eigenvalue weighted by atomic mass is 79.9. The molecule has 0 N–H and O–H groups in total. The number of alkyl halides is 1. The number of nitrogens with zero attached hydrogens (tertiary/aromatic N) is 1. The monoisotopic (exact) mass is 343 g/mol. The fourth-order valence-corrected chi connectivity index (χ4v) is 3.40. The molecule has 0 amide bonds. The molecular formula is C14H15BrClNS. The van der Waals surface area contributed by atoms with Crippen LogP contribution in [0.5, 0.6) is 0 Å². The zero-order chi connectivity index (χ0) is 13.1. The average Bonchev–Trinajstić information content (AvgIpc) is 2.90. The van der Waals surface area contributed by atoms with Crippen molar-refractivity contribution in [3.63, 3.8) is 0 Å². The van der Waals surface area contributed by atoms with Crippen LogP contribution in [-0.4, -0.2) is 7.05 Å². The van der Waals surface area contributed by atoms with Crippen LogP contribution in [0, 0.1) is 0 Å². The summed E-state index contributed by atoms with van der Waals surface area (Å²) in [6.45, 7) is 2.22. The van der Waals surface area contributed by atoms with Crippen LogP contribution in [0.15, 0.2) is 35.7 Å². The van der Waals surface area contributed by atoms with Crippen LogP contribution >= 0.6 is 38.9 Å². The molecule has 1 nitrogen and oxygen atoms in total. The lowest BCUT2D eigenvalue weighted by Crippen LogP contribution is -2.21. The second kappa shape index (κ2) is 6.09. The molecule has 1 atom stereocenters. The summed E-state index contributed by atoms with van der Waals surface area (Å²) < 4.78 is 0. The zero-order valence-electron chi connectivity index (χ0n) is 10.4. The Kier molecular flexibility index (Phi) is 4.71. The van der Waals surface area contributed by atoms with E-state index >= 15 is 0 Å². The van der Waals surface area contributed by atoms with Gasteiger partial charge in [0.2, 0.25) is 0 Å². The molecule has 0 spiro atoms. The summed E-state index contributed by atoms with van der Waals surface area (Å²) in [5, 5.41) is 3.71. The lowest BCUT2D eigenvalue weighted by Gasteiger charge is -2.28.